The number of hydrogen-bond donors (Lipinski definition) is 0. The molecule has 0 bridgehead atoms. The molecule has 0 aliphatic carbocycles. The molecule has 4 aromatic carbocycles. The minimum absolute atomic E-state index is 0.00902. The van der Waals surface area contributed by atoms with Crippen molar-refractivity contribution in [1.29, 1.82) is 0 Å². The van der Waals surface area contributed by atoms with Gasteiger partial charge in [0.15, 0.2) is 0 Å². The predicted molar refractivity (Wildman–Crippen MR) is 193 cm³/mol. The van der Waals surface area contributed by atoms with E-state index < -0.39 is 8.24 Å². The van der Waals surface area contributed by atoms with Crippen molar-refractivity contribution >= 4 is 24.3 Å². The number of hydrogen-bond acceptors (Lipinski definition) is 2. The number of rotatable bonds is 16. The van der Waals surface area contributed by atoms with Crippen LogP contribution in [0.2, 0.25) is 5.04 Å². The lowest BCUT2D eigenvalue weighted by Gasteiger charge is -2.51. The van der Waals surface area contributed by atoms with Gasteiger partial charge in [-0.25, -0.2) is 0 Å². The van der Waals surface area contributed by atoms with Crippen molar-refractivity contribution < 1.29 is 4.74 Å². The summed E-state index contributed by atoms with van der Waals surface area (Å²) in [7, 11) is -2.63. The van der Waals surface area contributed by atoms with Crippen LogP contribution in [0, 0.1) is 5.92 Å². The molecule has 0 heterocycles. The van der Waals surface area contributed by atoms with Crippen LogP contribution in [0.1, 0.15) is 78.7 Å². The normalized spacial score (nSPS) is 13.1. The summed E-state index contributed by atoms with van der Waals surface area (Å²) in [6, 6.07) is 44.4. The van der Waals surface area contributed by atoms with E-state index >= 15 is 0 Å². The zero-order chi connectivity index (χ0) is 31.3. The molecule has 2 nitrogen and oxygen atoms in total. The third kappa shape index (κ3) is 8.19. The number of allylic oxidation sites excluding steroid dienone is 1. The molecule has 0 aliphatic heterocycles. The monoisotopic (exact) mass is 603 g/mol. The van der Waals surface area contributed by atoms with E-state index in [2.05, 4.69) is 167 Å². The molecule has 44 heavy (non-hydrogen) atoms. The Labute approximate surface area is 268 Å². The molecule has 0 saturated carbocycles. The number of ether oxygens (including phenoxy) is 1. The van der Waals surface area contributed by atoms with Gasteiger partial charge >= 0.3 is 0 Å². The van der Waals surface area contributed by atoms with E-state index in [1.54, 1.807) is 5.57 Å². The fraction of sp³-hybridized carbons (Fsp3) is 0.366. The lowest BCUT2D eigenvalue weighted by atomic mass is 9.88. The second-order valence-electron chi connectivity index (χ2n) is 13.0. The summed E-state index contributed by atoms with van der Waals surface area (Å²) < 4.78 is 8.89. The maximum Gasteiger partial charge on any atom is 0.230 e. The lowest BCUT2D eigenvalue weighted by Crippen LogP contribution is -2.74. The summed E-state index contributed by atoms with van der Waals surface area (Å²) in [5.41, 5.74) is 4.10. The standard InChI is InChI=1S/C41H53NOSi/c1-6-21-36(25-20-32-43-34-35-23-12-8-13-24-35)37(22-7-2)33-42(38-26-14-9-15-27-38)44(41(3,4)5,39-28-16-10-17-29-39)40-30-18-11-19-31-40/h8-19,23-24,26-31,33,36H,6-7,20-22,25,32,34H2,1-5H3/b37-33+. The van der Waals surface area contributed by atoms with Crippen LogP contribution in [0.15, 0.2) is 133 Å². The van der Waals surface area contributed by atoms with Gasteiger partial charge in [-0.2, -0.15) is 0 Å². The molecule has 1 unspecified atom stereocenters. The molecule has 0 aliphatic rings. The van der Waals surface area contributed by atoms with Gasteiger partial charge in [0.05, 0.1) is 6.61 Å². The van der Waals surface area contributed by atoms with Crippen molar-refractivity contribution in [3.63, 3.8) is 0 Å². The van der Waals surface area contributed by atoms with Crippen LogP contribution in [-0.2, 0) is 11.3 Å². The first kappa shape index (κ1) is 33.5. The highest BCUT2D eigenvalue weighted by molar-refractivity contribution is 7.07. The second kappa shape index (κ2) is 16.6. The summed E-state index contributed by atoms with van der Waals surface area (Å²) in [5.74, 6) is 0.532. The van der Waals surface area contributed by atoms with Crippen molar-refractivity contribution in [3.05, 3.63) is 139 Å². The molecular weight excluding hydrogens is 551 g/mol. The fourth-order valence-corrected chi connectivity index (χ4v) is 12.5. The maximum atomic E-state index is 6.13. The smallest absolute Gasteiger partial charge is 0.230 e. The summed E-state index contributed by atoms with van der Waals surface area (Å²) in [6.45, 7) is 13.5. The van der Waals surface area contributed by atoms with E-state index in [9.17, 15) is 0 Å². The van der Waals surface area contributed by atoms with Crippen molar-refractivity contribution in [2.45, 2.75) is 84.8 Å². The van der Waals surface area contributed by atoms with Gasteiger partial charge in [0.2, 0.25) is 8.24 Å². The first-order valence-corrected chi connectivity index (χ1v) is 18.6. The third-order valence-corrected chi connectivity index (χ3v) is 14.4. The molecule has 3 heteroatoms. The Hall–Kier alpha value is -3.40. The SMILES string of the molecule is CCC/C(=C\N(c1ccccc1)[Si](c1ccccc1)(c1ccccc1)C(C)(C)C)C(CCC)CCCOCc1ccccc1. The molecule has 0 fully saturated rings. The van der Waals surface area contributed by atoms with Gasteiger partial charge in [0.25, 0.3) is 0 Å². The van der Waals surface area contributed by atoms with Crippen molar-refractivity contribution in [3.8, 4) is 0 Å². The number of nitrogens with zero attached hydrogens (tertiary/aromatic N) is 1. The van der Waals surface area contributed by atoms with E-state index in [1.807, 2.05) is 0 Å². The van der Waals surface area contributed by atoms with Crippen molar-refractivity contribution in [1.82, 2.24) is 0 Å². The highest BCUT2D eigenvalue weighted by atomic mass is 28.3. The minimum Gasteiger partial charge on any atom is -0.377 e. The third-order valence-electron chi connectivity index (χ3n) is 8.81. The van der Waals surface area contributed by atoms with Gasteiger partial charge in [-0.3, -0.25) is 0 Å². The van der Waals surface area contributed by atoms with Gasteiger partial charge in [0.1, 0.15) is 0 Å². The van der Waals surface area contributed by atoms with Gasteiger partial charge in [0, 0.05) is 12.3 Å². The zero-order valence-electron chi connectivity index (χ0n) is 27.7. The molecule has 4 rings (SSSR count). The van der Waals surface area contributed by atoms with Crippen LogP contribution in [-0.4, -0.2) is 14.8 Å². The van der Waals surface area contributed by atoms with E-state index in [0.29, 0.717) is 12.5 Å². The number of benzene rings is 4. The predicted octanol–water partition coefficient (Wildman–Crippen LogP) is 10.2. The summed E-state index contributed by atoms with van der Waals surface area (Å²) >= 11 is 0. The second-order valence-corrected chi connectivity index (χ2v) is 17.6. The minimum atomic E-state index is -2.63. The van der Waals surface area contributed by atoms with E-state index in [-0.39, 0.29) is 5.04 Å². The van der Waals surface area contributed by atoms with Crippen LogP contribution < -0.4 is 14.9 Å². The van der Waals surface area contributed by atoms with Gasteiger partial charge in [-0.05, 0) is 70.9 Å². The topological polar surface area (TPSA) is 12.5 Å². The van der Waals surface area contributed by atoms with Crippen LogP contribution in [0.5, 0.6) is 0 Å². The van der Waals surface area contributed by atoms with Crippen molar-refractivity contribution in [2.75, 3.05) is 11.2 Å². The molecule has 1 atom stereocenters. The lowest BCUT2D eigenvalue weighted by molar-refractivity contribution is 0.114. The van der Waals surface area contributed by atoms with Crippen LogP contribution >= 0.6 is 0 Å². The molecule has 0 saturated heterocycles. The van der Waals surface area contributed by atoms with E-state index in [1.165, 1.54) is 34.5 Å². The Balaban J connectivity index is 1.79. The molecule has 0 aromatic heterocycles. The van der Waals surface area contributed by atoms with Crippen LogP contribution in [0.25, 0.3) is 0 Å². The Kier molecular flexibility index (Phi) is 12.6. The van der Waals surface area contributed by atoms with Gasteiger partial charge in [-0.15, -0.1) is 0 Å². The molecule has 0 N–H and O–H groups in total. The van der Waals surface area contributed by atoms with Crippen molar-refractivity contribution in [2.24, 2.45) is 5.92 Å². The maximum absolute atomic E-state index is 6.13. The van der Waals surface area contributed by atoms with Crippen LogP contribution in [0.4, 0.5) is 5.69 Å². The Morgan fingerprint density at radius 1 is 0.705 bits per heavy atom. The molecule has 0 amide bonds. The molecular formula is C41H53NOSi. The largest absolute Gasteiger partial charge is 0.377 e. The van der Waals surface area contributed by atoms with Gasteiger partial charge < -0.3 is 9.30 Å². The highest BCUT2D eigenvalue weighted by Crippen LogP contribution is 2.42. The highest BCUT2D eigenvalue weighted by Gasteiger charge is 2.53. The molecule has 4 aromatic rings. The Bertz CT molecular complexity index is 1340. The summed E-state index contributed by atoms with van der Waals surface area (Å²) in [5, 5.41) is 2.87. The average Bonchev–Trinajstić information content (AvgIpc) is 3.05. The average molecular weight is 604 g/mol. The van der Waals surface area contributed by atoms with Crippen LogP contribution in [0.3, 0.4) is 0 Å². The van der Waals surface area contributed by atoms with E-state index in [0.717, 1.165) is 32.3 Å². The summed E-state index contributed by atoms with van der Waals surface area (Å²) in [6.07, 6.45) is 9.47. The fourth-order valence-electron chi connectivity index (χ4n) is 6.87. The quantitative estimate of drug-likeness (QED) is 0.0933. The number of anilines is 1. The molecule has 232 valence electrons. The van der Waals surface area contributed by atoms with Gasteiger partial charge in [-0.1, -0.05) is 162 Å². The first-order chi connectivity index (χ1) is 21.4. The first-order valence-electron chi connectivity index (χ1n) is 16.7. The summed E-state index contributed by atoms with van der Waals surface area (Å²) in [4.78, 5) is 0. The Morgan fingerprint density at radius 2 is 1.23 bits per heavy atom. The molecule has 0 radical (unpaired) electrons. The zero-order valence-corrected chi connectivity index (χ0v) is 28.7. The molecule has 0 spiro atoms. The number of para-hydroxylation sites is 1. The Morgan fingerprint density at radius 3 is 1.73 bits per heavy atom. The van der Waals surface area contributed by atoms with E-state index in [4.69, 9.17) is 4.74 Å².